The van der Waals surface area contributed by atoms with Crippen LogP contribution in [0, 0.1) is 0 Å². The number of hydrogen-bond acceptors (Lipinski definition) is 4. The molecule has 1 N–H and O–H groups in total. The quantitative estimate of drug-likeness (QED) is 0.802. The van der Waals surface area contributed by atoms with Crippen molar-refractivity contribution in [2.75, 3.05) is 13.7 Å². The predicted octanol–water partition coefficient (Wildman–Crippen LogP) is 2.64. The molecule has 0 aliphatic heterocycles. The van der Waals surface area contributed by atoms with Gasteiger partial charge in [0.2, 0.25) is 0 Å². The zero-order valence-corrected chi connectivity index (χ0v) is 13.5. The van der Waals surface area contributed by atoms with Gasteiger partial charge in [-0.2, -0.15) is 0 Å². The SMILES string of the molecule is CCCNC(CC)C(C)S(=O)(=O)c1ccc(OC)cc1. The molecular formula is C15H25NO3S. The third-order valence-corrected chi connectivity index (χ3v) is 5.78. The van der Waals surface area contributed by atoms with Crippen LogP contribution in [0.3, 0.4) is 0 Å². The number of methoxy groups -OCH3 is 1. The Morgan fingerprint density at radius 1 is 1.20 bits per heavy atom. The molecule has 0 saturated heterocycles. The largest absolute Gasteiger partial charge is 0.497 e. The summed E-state index contributed by atoms with van der Waals surface area (Å²) in [6, 6.07) is 6.55. The van der Waals surface area contributed by atoms with Gasteiger partial charge in [0.05, 0.1) is 17.3 Å². The minimum absolute atomic E-state index is 0.0259. The van der Waals surface area contributed by atoms with E-state index in [4.69, 9.17) is 4.74 Å². The van der Waals surface area contributed by atoms with Crippen molar-refractivity contribution in [1.29, 1.82) is 0 Å². The molecule has 0 bridgehead atoms. The minimum Gasteiger partial charge on any atom is -0.497 e. The van der Waals surface area contributed by atoms with E-state index in [0.29, 0.717) is 10.6 Å². The Kier molecular flexibility index (Phi) is 6.49. The lowest BCUT2D eigenvalue weighted by Crippen LogP contribution is -2.42. The van der Waals surface area contributed by atoms with Crippen molar-refractivity contribution in [3.63, 3.8) is 0 Å². The van der Waals surface area contributed by atoms with Crippen LogP contribution in [0.2, 0.25) is 0 Å². The van der Waals surface area contributed by atoms with Crippen LogP contribution in [0.1, 0.15) is 33.6 Å². The van der Waals surface area contributed by atoms with Crippen molar-refractivity contribution >= 4 is 9.84 Å². The lowest BCUT2D eigenvalue weighted by molar-refractivity contribution is 0.414. The molecule has 1 aromatic carbocycles. The highest BCUT2D eigenvalue weighted by Gasteiger charge is 2.29. The first-order chi connectivity index (χ1) is 9.47. The maximum atomic E-state index is 12.6. The molecule has 1 aromatic rings. The third kappa shape index (κ3) is 3.96. The lowest BCUT2D eigenvalue weighted by Gasteiger charge is -2.24. The average Bonchev–Trinajstić information content (AvgIpc) is 2.47. The summed E-state index contributed by atoms with van der Waals surface area (Å²) in [6.45, 7) is 6.69. The van der Waals surface area contributed by atoms with E-state index >= 15 is 0 Å². The number of rotatable bonds is 8. The molecule has 20 heavy (non-hydrogen) atoms. The van der Waals surface area contributed by atoms with E-state index in [-0.39, 0.29) is 6.04 Å². The molecule has 0 fully saturated rings. The summed E-state index contributed by atoms with van der Waals surface area (Å²) in [5.41, 5.74) is 0. The van der Waals surface area contributed by atoms with E-state index in [2.05, 4.69) is 12.2 Å². The second kappa shape index (κ2) is 7.64. The van der Waals surface area contributed by atoms with E-state index in [0.717, 1.165) is 19.4 Å². The fourth-order valence-corrected chi connectivity index (χ4v) is 3.83. The van der Waals surface area contributed by atoms with Crippen molar-refractivity contribution in [3.8, 4) is 5.75 Å². The molecule has 2 atom stereocenters. The maximum absolute atomic E-state index is 12.6. The summed E-state index contributed by atoms with van der Waals surface area (Å²) in [4.78, 5) is 0.350. The van der Waals surface area contributed by atoms with Gasteiger partial charge in [-0.1, -0.05) is 13.8 Å². The lowest BCUT2D eigenvalue weighted by atomic mass is 10.1. The first-order valence-corrected chi connectivity index (χ1v) is 8.63. The molecule has 5 heteroatoms. The molecule has 114 valence electrons. The third-order valence-electron chi connectivity index (χ3n) is 3.54. The zero-order chi connectivity index (χ0) is 15.2. The number of nitrogens with one attached hydrogen (secondary N) is 1. The van der Waals surface area contributed by atoms with Crippen molar-refractivity contribution in [2.24, 2.45) is 0 Å². The van der Waals surface area contributed by atoms with Gasteiger partial charge in [-0.05, 0) is 50.6 Å². The van der Waals surface area contributed by atoms with Crippen LogP contribution in [0.15, 0.2) is 29.2 Å². The molecule has 1 rings (SSSR count). The Bertz CT molecular complexity index is 496. The first-order valence-electron chi connectivity index (χ1n) is 7.08. The molecule has 2 unspecified atom stereocenters. The highest BCUT2D eigenvalue weighted by molar-refractivity contribution is 7.92. The number of hydrogen-bond donors (Lipinski definition) is 1. The first kappa shape index (κ1) is 17.0. The molecular weight excluding hydrogens is 274 g/mol. The van der Waals surface area contributed by atoms with Gasteiger partial charge in [-0.25, -0.2) is 8.42 Å². The summed E-state index contributed by atoms with van der Waals surface area (Å²) in [7, 11) is -1.76. The van der Waals surface area contributed by atoms with Crippen molar-refractivity contribution in [3.05, 3.63) is 24.3 Å². The van der Waals surface area contributed by atoms with E-state index in [1.54, 1.807) is 38.3 Å². The van der Waals surface area contributed by atoms with Gasteiger partial charge in [0, 0.05) is 6.04 Å². The van der Waals surface area contributed by atoms with Crippen molar-refractivity contribution in [1.82, 2.24) is 5.32 Å². The highest BCUT2D eigenvalue weighted by Crippen LogP contribution is 2.22. The topological polar surface area (TPSA) is 55.4 Å². The van der Waals surface area contributed by atoms with E-state index < -0.39 is 15.1 Å². The maximum Gasteiger partial charge on any atom is 0.182 e. The van der Waals surface area contributed by atoms with E-state index in [1.165, 1.54) is 0 Å². The van der Waals surface area contributed by atoms with Crippen LogP contribution in [0.25, 0.3) is 0 Å². The Labute approximate surface area is 122 Å². The Hall–Kier alpha value is -1.07. The van der Waals surface area contributed by atoms with Gasteiger partial charge in [-0.15, -0.1) is 0 Å². The smallest absolute Gasteiger partial charge is 0.182 e. The predicted molar refractivity (Wildman–Crippen MR) is 82.0 cm³/mol. The number of sulfone groups is 1. The van der Waals surface area contributed by atoms with Gasteiger partial charge in [0.15, 0.2) is 9.84 Å². The standard InChI is InChI=1S/C15H25NO3S/c1-5-11-16-15(6-2)12(3)20(17,18)14-9-7-13(19-4)8-10-14/h7-10,12,15-16H,5-6,11H2,1-4H3. The number of benzene rings is 1. The molecule has 0 amide bonds. The van der Waals surface area contributed by atoms with Crippen LogP contribution < -0.4 is 10.1 Å². The summed E-state index contributed by atoms with van der Waals surface area (Å²) in [6.07, 6.45) is 1.78. The van der Waals surface area contributed by atoms with Crippen molar-refractivity contribution < 1.29 is 13.2 Å². The average molecular weight is 299 g/mol. The van der Waals surface area contributed by atoms with Gasteiger partial charge in [0.25, 0.3) is 0 Å². The fourth-order valence-electron chi connectivity index (χ4n) is 2.17. The Morgan fingerprint density at radius 3 is 2.25 bits per heavy atom. The Morgan fingerprint density at radius 2 is 1.80 bits per heavy atom. The van der Waals surface area contributed by atoms with Crippen LogP contribution >= 0.6 is 0 Å². The number of ether oxygens (including phenoxy) is 1. The van der Waals surface area contributed by atoms with Crippen LogP contribution in [0.5, 0.6) is 5.75 Å². The molecule has 4 nitrogen and oxygen atoms in total. The monoisotopic (exact) mass is 299 g/mol. The molecule has 0 spiro atoms. The van der Waals surface area contributed by atoms with Crippen LogP contribution in [-0.2, 0) is 9.84 Å². The summed E-state index contributed by atoms with van der Waals surface area (Å²) < 4.78 is 30.3. The molecule has 0 radical (unpaired) electrons. The van der Waals surface area contributed by atoms with Gasteiger partial charge < -0.3 is 10.1 Å². The second-order valence-corrected chi connectivity index (χ2v) is 7.20. The normalized spacial score (nSPS) is 14.8. The Balaban J connectivity index is 2.94. The van der Waals surface area contributed by atoms with E-state index in [1.807, 2.05) is 6.92 Å². The summed E-state index contributed by atoms with van der Waals surface area (Å²) in [5.74, 6) is 0.660. The molecule has 0 saturated carbocycles. The van der Waals surface area contributed by atoms with Crippen molar-refractivity contribution in [2.45, 2.75) is 49.8 Å². The molecule has 0 aliphatic rings. The van der Waals surface area contributed by atoms with Crippen LogP contribution in [0.4, 0.5) is 0 Å². The van der Waals surface area contributed by atoms with Gasteiger partial charge >= 0.3 is 0 Å². The van der Waals surface area contributed by atoms with E-state index in [9.17, 15) is 8.42 Å². The summed E-state index contributed by atoms with van der Waals surface area (Å²) >= 11 is 0. The summed E-state index contributed by atoms with van der Waals surface area (Å²) in [5, 5.41) is 2.86. The van der Waals surface area contributed by atoms with Gasteiger partial charge in [0.1, 0.15) is 5.75 Å². The molecule has 0 aromatic heterocycles. The highest BCUT2D eigenvalue weighted by atomic mass is 32.2. The zero-order valence-electron chi connectivity index (χ0n) is 12.7. The fraction of sp³-hybridized carbons (Fsp3) is 0.600. The molecule has 0 aliphatic carbocycles. The van der Waals surface area contributed by atoms with Gasteiger partial charge in [-0.3, -0.25) is 0 Å². The second-order valence-electron chi connectivity index (χ2n) is 4.89. The van der Waals surface area contributed by atoms with Crippen LogP contribution in [-0.4, -0.2) is 33.4 Å². The minimum atomic E-state index is -3.32. The molecule has 0 heterocycles.